The minimum absolute atomic E-state index is 0.0393. The fourth-order valence-electron chi connectivity index (χ4n) is 2.97. The lowest BCUT2D eigenvalue weighted by atomic mass is 9.84. The van der Waals surface area contributed by atoms with Gasteiger partial charge >= 0.3 is 11.9 Å². The van der Waals surface area contributed by atoms with E-state index in [-0.39, 0.29) is 30.0 Å². The molecule has 0 radical (unpaired) electrons. The Kier molecular flexibility index (Phi) is 7.14. The Hall–Kier alpha value is -1.92. The van der Waals surface area contributed by atoms with Crippen molar-refractivity contribution in [3.8, 4) is 0 Å². The van der Waals surface area contributed by atoms with Gasteiger partial charge in [-0.1, -0.05) is 41.5 Å². The van der Waals surface area contributed by atoms with E-state index in [2.05, 4.69) is 5.32 Å². The molecule has 1 saturated heterocycles. The molecule has 2 N–H and O–H groups in total. The van der Waals surface area contributed by atoms with Gasteiger partial charge < -0.3 is 15.2 Å². The van der Waals surface area contributed by atoms with Crippen molar-refractivity contribution in [2.24, 2.45) is 29.6 Å². The molecule has 25 heavy (non-hydrogen) atoms. The van der Waals surface area contributed by atoms with Crippen LogP contribution in [0.2, 0.25) is 0 Å². The summed E-state index contributed by atoms with van der Waals surface area (Å²) in [6.45, 7) is 10.7. The van der Waals surface area contributed by atoms with Crippen LogP contribution in [0.3, 0.4) is 0 Å². The largest absolute Gasteiger partial charge is 0.481 e. The summed E-state index contributed by atoms with van der Waals surface area (Å²) in [6, 6.07) is -0.805. The van der Waals surface area contributed by atoms with Crippen LogP contribution in [0.4, 0.5) is 0 Å². The van der Waals surface area contributed by atoms with Gasteiger partial charge in [-0.25, -0.2) is 0 Å². The van der Waals surface area contributed by atoms with Crippen molar-refractivity contribution < 1.29 is 29.0 Å². The number of hydrogen-bond donors (Lipinski definition) is 2. The first-order chi connectivity index (χ1) is 11.5. The van der Waals surface area contributed by atoms with Gasteiger partial charge in [0.2, 0.25) is 0 Å². The van der Waals surface area contributed by atoms with Crippen LogP contribution in [-0.2, 0) is 23.9 Å². The second-order valence-corrected chi connectivity index (χ2v) is 7.72. The highest BCUT2D eigenvalue weighted by atomic mass is 16.6. The van der Waals surface area contributed by atoms with E-state index in [1.54, 1.807) is 27.7 Å². The van der Waals surface area contributed by atoms with E-state index in [0.29, 0.717) is 0 Å². The number of rotatable bonds is 9. The molecular weight excluding hydrogens is 326 g/mol. The van der Waals surface area contributed by atoms with Crippen molar-refractivity contribution in [3.63, 3.8) is 0 Å². The van der Waals surface area contributed by atoms with Crippen LogP contribution in [0, 0.1) is 29.6 Å². The molecule has 4 atom stereocenters. The summed E-state index contributed by atoms with van der Waals surface area (Å²) in [5, 5.41) is 11.9. The predicted octanol–water partition coefficient (Wildman–Crippen LogP) is 1.64. The molecule has 0 saturated carbocycles. The lowest BCUT2D eigenvalue weighted by molar-refractivity contribution is -0.193. The summed E-state index contributed by atoms with van der Waals surface area (Å²) in [4.78, 5) is 47.8. The molecule has 1 fully saturated rings. The molecule has 1 heterocycles. The number of carbonyl (C=O) groups is 4. The van der Waals surface area contributed by atoms with E-state index in [1.165, 1.54) is 0 Å². The van der Waals surface area contributed by atoms with Gasteiger partial charge in [0.1, 0.15) is 5.92 Å². The maximum absolute atomic E-state index is 12.6. The number of carboxylic acids is 1. The Morgan fingerprint density at radius 2 is 1.64 bits per heavy atom. The molecule has 0 aromatic rings. The van der Waals surface area contributed by atoms with E-state index in [0.717, 1.165) is 0 Å². The SMILES string of the molecule is CC(C)[C@H](CC(=O)[C@@H](NC(=O)[C@@H]1OC(=O)[C@H]1C(C)C)C(C)C)C(=O)O. The fraction of sp³-hybridized carbons (Fsp3) is 0.778. The topological polar surface area (TPSA) is 110 Å². The van der Waals surface area contributed by atoms with E-state index < -0.39 is 41.8 Å². The first-order valence-corrected chi connectivity index (χ1v) is 8.73. The average molecular weight is 355 g/mol. The zero-order chi connectivity index (χ0) is 19.5. The van der Waals surface area contributed by atoms with E-state index in [9.17, 15) is 24.3 Å². The lowest BCUT2D eigenvalue weighted by Crippen LogP contribution is -2.59. The van der Waals surface area contributed by atoms with Gasteiger partial charge in [0.15, 0.2) is 11.9 Å². The molecule has 0 bridgehead atoms. The molecule has 0 spiro atoms. The molecule has 0 unspecified atom stereocenters. The van der Waals surface area contributed by atoms with Crippen LogP contribution >= 0.6 is 0 Å². The molecule has 142 valence electrons. The van der Waals surface area contributed by atoms with Crippen molar-refractivity contribution in [2.75, 3.05) is 0 Å². The normalized spacial score (nSPS) is 22.4. The second-order valence-electron chi connectivity index (χ2n) is 7.72. The summed E-state index contributed by atoms with van der Waals surface area (Å²) in [5.74, 6) is -3.99. The van der Waals surface area contributed by atoms with Crippen molar-refractivity contribution in [1.29, 1.82) is 0 Å². The minimum Gasteiger partial charge on any atom is -0.481 e. The number of nitrogens with one attached hydrogen (secondary N) is 1. The molecule has 7 heteroatoms. The summed E-state index contributed by atoms with van der Waals surface area (Å²) in [7, 11) is 0. The molecular formula is C18H29NO6. The number of esters is 1. The number of aliphatic carboxylic acids is 1. The number of ether oxygens (including phenoxy) is 1. The zero-order valence-corrected chi connectivity index (χ0v) is 15.7. The van der Waals surface area contributed by atoms with Crippen molar-refractivity contribution in [2.45, 2.75) is 60.1 Å². The molecule has 0 aromatic carbocycles. The number of amides is 1. The highest BCUT2D eigenvalue weighted by Gasteiger charge is 2.49. The molecule has 1 aliphatic heterocycles. The minimum atomic E-state index is -1.02. The van der Waals surface area contributed by atoms with Gasteiger partial charge in [-0.05, 0) is 17.8 Å². The van der Waals surface area contributed by atoms with Crippen LogP contribution in [0.25, 0.3) is 0 Å². The molecule has 1 aliphatic rings. The molecule has 0 aromatic heterocycles. The first kappa shape index (κ1) is 21.1. The van der Waals surface area contributed by atoms with Crippen LogP contribution in [-0.4, -0.2) is 40.9 Å². The van der Waals surface area contributed by atoms with Crippen LogP contribution < -0.4 is 5.32 Å². The van der Waals surface area contributed by atoms with Crippen molar-refractivity contribution in [3.05, 3.63) is 0 Å². The summed E-state index contributed by atoms with van der Waals surface area (Å²) in [5.41, 5.74) is 0. The smallest absolute Gasteiger partial charge is 0.314 e. The standard InChI is InChI=1S/C18H29NO6/c1-8(2)11(17(22)23)7-12(20)14(10(5)6)19-16(21)15-13(9(3)4)18(24)25-15/h8-11,13-15H,7H2,1-6H3,(H,19,21)(H,22,23)/t11-,13-,14-,15+/m0/s1. The van der Waals surface area contributed by atoms with E-state index in [1.807, 2.05) is 13.8 Å². The number of ketones is 1. The first-order valence-electron chi connectivity index (χ1n) is 8.73. The lowest BCUT2D eigenvalue weighted by Gasteiger charge is -2.37. The van der Waals surface area contributed by atoms with Gasteiger partial charge in [-0.2, -0.15) is 0 Å². The predicted molar refractivity (Wildman–Crippen MR) is 90.6 cm³/mol. The van der Waals surface area contributed by atoms with E-state index in [4.69, 9.17) is 4.74 Å². The molecule has 0 aliphatic carbocycles. The maximum atomic E-state index is 12.6. The maximum Gasteiger partial charge on any atom is 0.314 e. The Bertz CT molecular complexity index is 540. The number of carbonyl (C=O) groups excluding carboxylic acids is 3. The molecule has 1 rings (SSSR count). The summed E-state index contributed by atoms with van der Waals surface area (Å²) >= 11 is 0. The molecule has 1 amide bonds. The monoisotopic (exact) mass is 355 g/mol. The number of cyclic esters (lactones) is 1. The highest BCUT2D eigenvalue weighted by Crippen LogP contribution is 2.30. The van der Waals surface area contributed by atoms with Gasteiger partial charge in [0.25, 0.3) is 5.91 Å². The number of hydrogen-bond acceptors (Lipinski definition) is 5. The summed E-state index contributed by atoms with van der Waals surface area (Å²) < 4.78 is 4.94. The zero-order valence-electron chi connectivity index (χ0n) is 15.7. The third kappa shape index (κ3) is 5.03. The Morgan fingerprint density at radius 3 is 2.00 bits per heavy atom. The van der Waals surface area contributed by atoms with Crippen molar-refractivity contribution >= 4 is 23.6 Å². The van der Waals surface area contributed by atoms with Gasteiger partial charge in [-0.3, -0.25) is 19.2 Å². The Labute approximate surface area is 148 Å². The third-order valence-corrected chi connectivity index (χ3v) is 4.67. The van der Waals surface area contributed by atoms with Crippen molar-refractivity contribution in [1.82, 2.24) is 5.32 Å². The Balaban J connectivity index is 2.80. The van der Waals surface area contributed by atoms with Crippen LogP contribution in [0.5, 0.6) is 0 Å². The number of Topliss-reactive ketones (excluding diaryl/α,β-unsaturated/α-hetero) is 1. The summed E-state index contributed by atoms with van der Waals surface area (Å²) in [6.07, 6.45) is -1.03. The highest BCUT2D eigenvalue weighted by molar-refractivity contribution is 5.97. The van der Waals surface area contributed by atoms with E-state index >= 15 is 0 Å². The number of carboxylic acid groups (broad SMARTS) is 1. The Morgan fingerprint density at radius 1 is 1.08 bits per heavy atom. The van der Waals surface area contributed by atoms with Gasteiger partial charge in [0.05, 0.1) is 12.0 Å². The van der Waals surface area contributed by atoms with Crippen LogP contribution in [0.15, 0.2) is 0 Å². The van der Waals surface area contributed by atoms with Gasteiger partial charge in [-0.15, -0.1) is 0 Å². The third-order valence-electron chi connectivity index (χ3n) is 4.67. The second kappa shape index (κ2) is 8.45. The van der Waals surface area contributed by atoms with Gasteiger partial charge in [0, 0.05) is 6.42 Å². The van der Waals surface area contributed by atoms with Crippen LogP contribution in [0.1, 0.15) is 48.0 Å². The fourth-order valence-corrected chi connectivity index (χ4v) is 2.97. The molecule has 7 nitrogen and oxygen atoms in total. The quantitative estimate of drug-likeness (QED) is 0.609. The average Bonchev–Trinajstić information content (AvgIpc) is 2.45.